The summed E-state index contributed by atoms with van der Waals surface area (Å²) in [5.41, 5.74) is 3.69. The molecule has 12 heteroatoms. The highest BCUT2D eigenvalue weighted by molar-refractivity contribution is 7.92. The molecule has 0 saturated carbocycles. The molecule has 0 atom stereocenters. The largest absolute Gasteiger partial charge is 0.418 e. The van der Waals surface area contributed by atoms with Crippen molar-refractivity contribution in [1.29, 1.82) is 0 Å². The number of halogens is 3. The van der Waals surface area contributed by atoms with Crippen LogP contribution in [-0.2, 0) is 26.1 Å². The van der Waals surface area contributed by atoms with E-state index in [0.717, 1.165) is 18.2 Å². The lowest BCUT2D eigenvalue weighted by Gasteiger charge is -2.13. The SMILES string of the molecule is Nc1ccc(S(=O)(=O)c2cccc3[nH]c(-c4ccccc4)c(S(=O)(=O)O)c23)cc1C(F)(F)F. The number of aromatic amines is 1. The Balaban J connectivity index is 2.07. The number of H-pyrrole nitrogens is 1. The number of nitrogens with two attached hydrogens (primary N) is 1. The van der Waals surface area contributed by atoms with Crippen molar-refractivity contribution in [2.75, 3.05) is 5.73 Å². The summed E-state index contributed by atoms with van der Waals surface area (Å²) in [6, 6.07) is 13.8. The Kier molecular flexibility index (Phi) is 5.26. The second-order valence-corrected chi connectivity index (χ2v) is 10.4. The lowest BCUT2D eigenvalue weighted by Crippen LogP contribution is -2.12. The van der Waals surface area contributed by atoms with Crippen LogP contribution in [0.2, 0.25) is 0 Å². The summed E-state index contributed by atoms with van der Waals surface area (Å²) in [5.74, 6) is 0. The molecule has 33 heavy (non-hydrogen) atoms. The number of nitrogens with one attached hydrogen (secondary N) is 1. The molecular formula is C21H15F3N2O5S2. The van der Waals surface area contributed by atoms with E-state index in [9.17, 15) is 34.6 Å². The topological polar surface area (TPSA) is 130 Å². The third-order valence-corrected chi connectivity index (χ3v) is 7.71. The zero-order valence-electron chi connectivity index (χ0n) is 16.5. The fourth-order valence-corrected chi connectivity index (χ4v) is 6.03. The summed E-state index contributed by atoms with van der Waals surface area (Å²) in [4.78, 5) is 0.763. The molecule has 4 rings (SSSR count). The van der Waals surface area contributed by atoms with Crippen molar-refractivity contribution < 1.29 is 34.6 Å². The second-order valence-electron chi connectivity index (χ2n) is 7.10. The molecule has 0 saturated heterocycles. The smallest absolute Gasteiger partial charge is 0.398 e. The Hall–Kier alpha value is -3.35. The Morgan fingerprint density at radius 2 is 1.55 bits per heavy atom. The average molecular weight is 496 g/mol. The summed E-state index contributed by atoms with van der Waals surface area (Å²) in [7, 11) is -9.63. The summed E-state index contributed by atoms with van der Waals surface area (Å²) < 4.78 is 101. The van der Waals surface area contributed by atoms with Gasteiger partial charge in [-0.25, -0.2) is 8.42 Å². The number of aromatic nitrogens is 1. The number of fused-ring (bicyclic) bond motifs is 1. The third kappa shape index (κ3) is 3.96. The van der Waals surface area contributed by atoms with E-state index in [1.807, 2.05) is 0 Å². The predicted octanol–water partition coefficient (Wildman–Crippen LogP) is 4.52. The van der Waals surface area contributed by atoms with Gasteiger partial charge < -0.3 is 10.7 Å². The lowest BCUT2D eigenvalue weighted by atomic mass is 10.1. The Morgan fingerprint density at radius 1 is 0.879 bits per heavy atom. The van der Waals surface area contributed by atoms with Crippen molar-refractivity contribution in [2.24, 2.45) is 0 Å². The van der Waals surface area contributed by atoms with Gasteiger partial charge in [-0.3, -0.25) is 4.55 Å². The molecule has 3 aromatic carbocycles. The Morgan fingerprint density at radius 3 is 2.15 bits per heavy atom. The van der Waals surface area contributed by atoms with Gasteiger partial charge in [0.15, 0.2) is 0 Å². The highest BCUT2D eigenvalue weighted by Gasteiger charge is 2.35. The van der Waals surface area contributed by atoms with E-state index in [0.29, 0.717) is 11.6 Å². The number of rotatable bonds is 4. The lowest BCUT2D eigenvalue weighted by molar-refractivity contribution is -0.137. The minimum absolute atomic E-state index is 0.0500. The predicted molar refractivity (Wildman–Crippen MR) is 115 cm³/mol. The van der Waals surface area contributed by atoms with Gasteiger partial charge in [-0.1, -0.05) is 36.4 Å². The molecule has 0 unspecified atom stereocenters. The van der Waals surface area contributed by atoms with Crippen LogP contribution in [0.3, 0.4) is 0 Å². The zero-order valence-corrected chi connectivity index (χ0v) is 18.1. The van der Waals surface area contributed by atoms with Crippen LogP contribution in [0.4, 0.5) is 18.9 Å². The van der Waals surface area contributed by atoms with Gasteiger partial charge in [-0.05, 0) is 35.9 Å². The number of hydrogen-bond donors (Lipinski definition) is 3. The molecule has 0 aliphatic carbocycles. The number of anilines is 1. The number of nitrogen functional groups attached to an aromatic ring is 1. The van der Waals surface area contributed by atoms with Gasteiger partial charge in [0, 0.05) is 16.6 Å². The first kappa shape index (κ1) is 22.8. The number of benzene rings is 3. The van der Waals surface area contributed by atoms with E-state index in [1.54, 1.807) is 30.3 Å². The molecule has 0 bridgehead atoms. The van der Waals surface area contributed by atoms with Gasteiger partial charge in [-0.15, -0.1) is 0 Å². The van der Waals surface area contributed by atoms with Gasteiger partial charge in [0.25, 0.3) is 10.1 Å². The van der Waals surface area contributed by atoms with Gasteiger partial charge in [0.2, 0.25) is 9.84 Å². The molecule has 7 nitrogen and oxygen atoms in total. The monoisotopic (exact) mass is 496 g/mol. The van der Waals surface area contributed by atoms with Crippen molar-refractivity contribution in [3.63, 3.8) is 0 Å². The molecule has 0 fully saturated rings. The highest BCUT2D eigenvalue weighted by Crippen LogP contribution is 2.40. The summed E-state index contributed by atoms with van der Waals surface area (Å²) in [5, 5.41) is -0.371. The van der Waals surface area contributed by atoms with E-state index in [-0.39, 0.29) is 16.6 Å². The molecule has 0 aliphatic rings. The Bertz CT molecular complexity index is 1590. The maximum atomic E-state index is 13.4. The van der Waals surface area contributed by atoms with Crippen molar-refractivity contribution in [1.82, 2.24) is 4.98 Å². The normalized spacial score (nSPS) is 12.8. The van der Waals surface area contributed by atoms with E-state index in [4.69, 9.17) is 5.73 Å². The van der Waals surface area contributed by atoms with Crippen molar-refractivity contribution in [3.05, 3.63) is 72.3 Å². The van der Waals surface area contributed by atoms with Crippen LogP contribution in [0.1, 0.15) is 5.56 Å². The Labute approximate surface area is 186 Å². The van der Waals surface area contributed by atoms with Crippen molar-refractivity contribution in [2.45, 2.75) is 20.9 Å². The first-order valence-electron chi connectivity index (χ1n) is 9.21. The van der Waals surface area contributed by atoms with E-state index in [1.165, 1.54) is 12.1 Å². The van der Waals surface area contributed by atoms with Crippen LogP contribution in [-0.4, -0.2) is 26.4 Å². The first-order valence-corrected chi connectivity index (χ1v) is 12.1. The van der Waals surface area contributed by atoms with Crippen LogP contribution in [0.15, 0.2) is 81.4 Å². The molecular weight excluding hydrogens is 481 g/mol. The molecule has 4 aromatic rings. The standard InChI is InChI=1S/C21H15F3N2O5S2/c22-21(23,24)14-11-13(9-10-15(14)25)32(27,28)17-8-4-7-16-18(17)20(33(29,30)31)19(26-16)12-5-2-1-3-6-12/h1-11,26H,25H2,(H,29,30,31). The van der Waals surface area contributed by atoms with Crippen molar-refractivity contribution >= 4 is 36.5 Å². The molecule has 0 radical (unpaired) electrons. The summed E-state index contributed by atoms with van der Waals surface area (Å²) >= 11 is 0. The number of hydrogen-bond acceptors (Lipinski definition) is 5. The molecule has 0 aliphatic heterocycles. The van der Waals surface area contributed by atoms with Crippen LogP contribution >= 0.6 is 0 Å². The molecule has 172 valence electrons. The summed E-state index contributed by atoms with van der Waals surface area (Å²) in [6.45, 7) is 0. The molecule has 1 aromatic heterocycles. The number of alkyl halides is 3. The number of sulfone groups is 1. The fourth-order valence-electron chi connectivity index (χ4n) is 3.55. The minimum atomic E-state index is -4.96. The van der Waals surface area contributed by atoms with Crippen molar-refractivity contribution in [3.8, 4) is 11.3 Å². The van der Waals surface area contributed by atoms with E-state index < -0.39 is 52.1 Å². The van der Waals surface area contributed by atoms with Crippen LogP contribution in [0, 0.1) is 0 Å². The molecule has 4 N–H and O–H groups in total. The molecule has 0 amide bonds. The molecule has 1 heterocycles. The van der Waals surface area contributed by atoms with Gasteiger partial charge in [0.05, 0.1) is 21.0 Å². The third-order valence-electron chi connectivity index (χ3n) is 4.99. The van der Waals surface area contributed by atoms with E-state index >= 15 is 0 Å². The highest BCUT2D eigenvalue weighted by atomic mass is 32.2. The van der Waals surface area contributed by atoms with Crippen LogP contribution in [0.25, 0.3) is 22.2 Å². The molecule has 0 spiro atoms. The van der Waals surface area contributed by atoms with Crippen LogP contribution in [0.5, 0.6) is 0 Å². The maximum Gasteiger partial charge on any atom is 0.418 e. The van der Waals surface area contributed by atoms with Gasteiger partial charge >= 0.3 is 6.18 Å². The quantitative estimate of drug-likeness (QED) is 0.281. The first-order chi connectivity index (χ1) is 15.3. The summed E-state index contributed by atoms with van der Waals surface area (Å²) in [6.07, 6.45) is -4.91. The van der Waals surface area contributed by atoms with Gasteiger partial charge in [0.1, 0.15) is 4.90 Å². The van der Waals surface area contributed by atoms with Crippen LogP contribution < -0.4 is 5.73 Å². The average Bonchev–Trinajstić information content (AvgIpc) is 3.14. The van der Waals surface area contributed by atoms with Gasteiger partial charge in [-0.2, -0.15) is 21.6 Å². The minimum Gasteiger partial charge on any atom is -0.398 e. The van der Waals surface area contributed by atoms with E-state index in [2.05, 4.69) is 4.98 Å². The fraction of sp³-hybridized carbons (Fsp3) is 0.0476. The second kappa shape index (κ2) is 7.61. The maximum absolute atomic E-state index is 13.4. The zero-order chi connectivity index (χ0) is 24.2.